The van der Waals surface area contributed by atoms with E-state index in [0.717, 1.165) is 83.8 Å². The van der Waals surface area contributed by atoms with Gasteiger partial charge in [-0.15, -0.1) is 11.3 Å². The van der Waals surface area contributed by atoms with Gasteiger partial charge in [0.05, 0.1) is 29.9 Å². The highest BCUT2D eigenvalue weighted by Gasteiger charge is 2.24. The van der Waals surface area contributed by atoms with E-state index in [-0.39, 0.29) is 0 Å². The Kier molecular flexibility index (Phi) is 5.24. The summed E-state index contributed by atoms with van der Waals surface area (Å²) in [7, 11) is 1.67. The van der Waals surface area contributed by atoms with Gasteiger partial charge in [0, 0.05) is 29.4 Å². The molecule has 8 nitrogen and oxygen atoms in total. The average Bonchev–Trinajstić information content (AvgIpc) is 3.37. The number of rotatable bonds is 7. The molecule has 0 unspecified atom stereocenters. The lowest BCUT2D eigenvalue weighted by Gasteiger charge is -2.26. The lowest BCUT2D eigenvalue weighted by atomic mass is 10.0. The second-order valence-electron chi connectivity index (χ2n) is 7.56. The molecule has 5 rings (SSSR count). The number of unbranched alkanes of at least 4 members (excludes halogenated alkanes) is 1. The Balaban J connectivity index is 1.48. The SMILES string of the molecule is COc1cc2[nH]ncc2cc1Nc1ncnc2sc3c(c12)CCN(CCCCN)C3. The van der Waals surface area contributed by atoms with Gasteiger partial charge in [-0.25, -0.2) is 9.97 Å². The largest absolute Gasteiger partial charge is 0.494 e. The lowest BCUT2D eigenvalue weighted by Crippen LogP contribution is -2.30. The molecule has 0 bridgehead atoms. The van der Waals surface area contributed by atoms with E-state index in [1.807, 2.05) is 12.1 Å². The number of nitrogens with zero attached hydrogens (tertiary/aromatic N) is 4. The number of ether oxygens (including phenoxy) is 1. The predicted molar refractivity (Wildman–Crippen MR) is 121 cm³/mol. The molecule has 0 atom stereocenters. The fourth-order valence-electron chi connectivity index (χ4n) is 4.11. The third-order valence-electron chi connectivity index (χ3n) is 5.66. The van der Waals surface area contributed by atoms with Crippen LogP contribution in [0.25, 0.3) is 21.1 Å². The lowest BCUT2D eigenvalue weighted by molar-refractivity contribution is 0.253. The van der Waals surface area contributed by atoms with Crippen LogP contribution in [0.3, 0.4) is 0 Å². The standard InChI is InChI=1S/C21H25N7OS/c1-29-17-9-15-13(10-25-27-15)8-16(17)26-20-19-14-4-7-28(6-3-2-5-22)11-18(14)30-21(19)24-12-23-20/h8-10,12H,2-7,11,22H2,1H3,(H,25,27)(H,23,24,26). The molecule has 9 heteroatoms. The van der Waals surface area contributed by atoms with E-state index in [4.69, 9.17) is 10.5 Å². The molecule has 0 saturated carbocycles. The zero-order valence-electron chi connectivity index (χ0n) is 16.9. The van der Waals surface area contributed by atoms with Crippen LogP contribution < -0.4 is 15.8 Å². The molecule has 4 heterocycles. The fourth-order valence-corrected chi connectivity index (χ4v) is 5.34. The second-order valence-corrected chi connectivity index (χ2v) is 8.65. The maximum Gasteiger partial charge on any atom is 0.144 e. The summed E-state index contributed by atoms with van der Waals surface area (Å²) in [4.78, 5) is 14.1. The summed E-state index contributed by atoms with van der Waals surface area (Å²) in [5.41, 5.74) is 8.82. The molecular weight excluding hydrogens is 398 g/mol. The van der Waals surface area contributed by atoms with Crippen LogP contribution in [0.15, 0.2) is 24.7 Å². The van der Waals surface area contributed by atoms with Gasteiger partial charge in [0.15, 0.2) is 0 Å². The summed E-state index contributed by atoms with van der Waals surface area (Å²) in [6.45, 7) is 3.90. The van der Waals surface area contributed by atoms with Gasteiger partial charge in [0.2, 0.25) is 0 Å². The number of nitrogens with two attached hydrogens (primary N) is 1. The van der Waals surface area contributed by atoms with Crippen molar-refractivity contribution in [2.75, 3.05) is 32.1 Å². The van der Waals surface area contributed by atoms with Crippen molar-refractivity contribution in [2.45, 2.75) is 25.8 Å². The van der Waals surface area contributed by atoms with Crippen LogP contribution in [0.2, 0.25) is 0 Å². The van der Waals surface area contributed by atoms with Crippen molar-refractivity contribution >= 4 is 44.0 Å². The van der Waals surface area contributed by atoms with Gasteiger partial charge >= 0.3 is 0 Å². The molecule has 0 saturated heterocycles. The minimum Gasteiger partial charge on any atom is -0.494 e. The molecular formula is C21H25N7OS. The van der Waals surface area contributed by atoms with E-state index in [0.29, 0.717) is 0 Å². The molecule has 1 aromatic carbocycles. The Morgan fingerprint density at radius 1 is 1.30 bits per heavy atom. The Morgan fingerprint density at radius 2 is 2.23 bits per heavy atom. The van der Waals surface area contributed by atoms with Crippen molar-refractivity contribution in [1.29, 1.82) is 0 Å². The first-order valence-electron chi connectivity index (χ1n) is 10.2. The maximum absolute atomic E-state index is 5.64. The van der Waals surface area contributed by atoms with Crippen LogP contribution in [0.5, 0.6) is 5.75 Å². The van der Waals surface area contributed by atoms with Crippen LogP contribution in [-0.4, -0.2) is 51.8 Å². The smallest absolute Gasteiger partial charge is 0.144 e. The average molecular weight is 424 g/mol. The first-order valence-corrected chi connectivity index (χ1v) is 11.0. The molecule has 0 aliphatic carbocycles. The van der Waals surface area contributed by atoms with Gasteiger partial charge in [0.25, 0.3) is 0 Å². The monoisotopic (exact) mass is 423 g/mol. The van der Waals surface area contributed by atoms with Crippen molar-refractivity contribution in [3.63, 3.8) is 0 Å². The van der Waals surface area contributed by atoms with Gasteiger partial charge in [-0.05, 0) is 44.0 Å². The van der Waals surface area contributed by atoms with E-state index in [1.54, 1.807) is 31.0 Å². The van der Waals surface area contributed by atoms with Crippen molar-refractivity contribution in [3.8, 4) is 5.75 Å². The zero-order valence-corrected chi connectivity index (χ0v) is 17.8. The van der Waals surface area contributed by atoms with Gasteiger partial charge in [-0.3, -0.25) is 10.00 Å². The second kappa shape index (κ2) is 8.17. The number of methoxy groups -OCH3 is 1. The van der Waals surface area contributed by atoms with Crippen LogP contribution in [-0.2, 0) is 13.0 Å². The summed E-state index contributed by atoms with van der Waals surface area (Å²) in [5.74, 6) is 1.57. The number of aromatic nitrogens is 4. The third-order valence-corrected chi connectivity index (χ3v) is 6.78. The van der Waals surface area contributed by atoms with Crippen LogP contribution in [0.1, 0.15) is 23.3 Å². The topological polar surface area (TPSA) is 105 Å². The molecule has 4 aromatic rings. The Labute approximate surface area is 178 Å². The Morgan fingerprint density at radius 3 is 3.10 bits per heavy atom. The number of aromatic amines is 1. The molecule has 0 radical (unpaired) electrons. The third kappa shape index (κ3) is 3.49. The summed E-state index contributed by atoms with van der Waals surface area (Å²) in [6, 6.07) is 3.98. The molecule has 0 amide bonds. The first kappa shape index (κ1) is 19.2. The molecule has 1 aliphatic heterocycles. The van der Waals surface area contributed by atoms with E-state index >= 15 is 0 Å². The zero-order chi connectivity index (χ0) is 20.5. The molecule has 3 aromatic heterocycles. The van der Waals surface area contributed by atoms with E-state index in [2.05, 4.69) is 30.4 Å². The highest BCUT2D eigenvalue weighted by molar-refractivity contribution is 7.19. The number of fused-ring (bicyclic) bond motifs is 4. The minimum atomic E-state index is 0.744. The summed E-state index contributed by atoms with van der Waals surface area (Å²) in [6.07, 6.45) is 6.69. The van der Waals surface area contributed by atoms with Crippen molar-refractivity contribution in [1.82, 2.24) is 25.1 Å². The maximum atomic E-state index is 5.64. The molecule has 1 aliphatic rings. The molecule has 0 spiro atoms. The normalized spacial score (nSPS) is 14.3. The van der Waals surface area contributed by atoms with E-state index < -0.39 is 0 Å². The van der Waals surface area contributed by atoms with Crippen molar-refractivity contribution in [2.24, 2.45) is 5.73 Å². The number of anilines is 2. The number of hydrogen-bond acceptors (Lipinski definition) is 8. The Hall–Kier alpha value is -2.75. The number of benzene rings is 1. The highest BCUT2D eigenvalue weighted by Crippen LogP contribution is 2.39. The Bertz CT molecular complexity index is 1180. The van der Waals surface area contributed by atoms with Gasteiger partial charge in [-0.1, -0.05) is 0 Å². The minimum absolute atomic E-state index is 0.744. The fraction of sp³-hybridized carbons (Fsp3) is 0.381. The molecule has 156 valence electrons. The predicted octanol–water partition coefficient (Wildman–Crippen LogP) is 3.42. The van der Waals surface area contributed by atoms with Crippen LogP contribution in [0.4, 0.5) is 11.5 Å². The highest BCUT2D eigenvalue weighted by atomic mass is 32.1. The van der Waals surface area contributed by atoms with E-state index in [1.165, 1.54) is 10.4 Å². The molecule has 30 heavy (non-hydrogen) atoms. The number of hydrogen-bond donors (Lipinski definition) is 3. The number of nitrogens with one attached hydrogen (secondary N) is 2. The van der Waals surface area contributed by atoms with Gasteiger partial charge in [-0.2, -0.15) is 5.10 Å². The van der Waals surface area contributed by atoms with Crippen LogP contribution >= 0.6 is 11.3 Å². The van der Waals surface area contributed by atoms with Crippen LogP contribution in [0, 0.1) is 0 Å². The van der Waals surface area contributed by atoms with E-state index in [9.17, 15) is 0 Å². The summed E-state index contributed by atoms with van der Waals surface area (Å²) < 4.78 is 5.60. The molecule has 4 N–H and O–H groups in total. The summed E-state index contributed by atoms with van der Waals surface area (Å²) >= 11 is 1.78. The van der Waals surface area contributed by atoms with Gasteiger partial charge in [0.1, 0.15) is 22.7 Å². The summed E-state index contributed by atoms with van der Waals surface area (Å²) in [5, 5.41) is 12.7. The van der Waals surface area contributed by atoms with Gasteiger partial charge < -0.3 is 15.8 Å². The van der Waals surface area contributed by atoms with Crippen molar-refractivity contribution in [3.05, 3.63) is 35.1 Å². The quantitative estimate of drug-likeness (QED) is 0.391. The molecule has 0 fully saturated rings. The number of thiophene rings is 1. The first-order chi connectivity index (χ1) is 14.8. The van der Waals surface area contributed by atoms with Crippen molar-refractivity contribution < 1.29 is 4.74 Å². The number of H-pyrrole nitrogens is 1.